The second-order valence-corrected chi connectivity index (χ2v) is 9.15. The van der Waals surface area contributed by atoms with Crippen LogP contribution in [-0.2, 0) is 24.1 Å². The Balaban J connectivity index is 1.22. The van der Waals surface area contributed by atoms with Gasteiger partial charge in [0.25, 0.3) is 0 Å². The molecule has 1 saturated heterocycles. The van der Waals surface area contributed by atoms with E-state index in [4.69, 9.17) is 9.37 Å². The van der Waals surface area contributed by atoms with E-state index in [1.54, 1.807) is 18.2 Å². The maximum atomic E-state index is 5.41. The summed E-state index contributed by atoms with van der Waals surface area (Å²) < 4.78 is 10.3. The van der Waals surface area contributed by atoms with Gasteiger partial charge in [-0.2, -0.15) is 0 Å². The number of methoxy groups -OCH3 is 1. The van der Waals surface area contributed by atoms with Crippen molar-refractivity contribution in [2.75, 3.05) is 39.9 Å². The van der Waals surface area contributed by atoms with Crippen LogP contribution in [0.4, 0.5) is 0 Å². The molecule has 1 fully saturated rings. The Labute approximate surface area is 184 Å². The van der Waals surface area contributed by atoms with E-state index in [9.17, 15) is 0 Å². The third-order valence-corrected chi connectivity index (χ3v) is 6.95. The molecule has 0 amide bonds. The zero-order valence-electron chi connectivity index (χ0n) is 18.4. The lowest BCUT2D eigenvalue weighted by Crippen LogP contribution is -2.46. The number of hydrogen-bond acceptors (Lipinski definition) is 6. The van der Waals surface area contributed by atoms with Crippen molar-refractivity contribution >= 4 is 11.0 Å². The molecule has 6 nitrogen and oxygen atoms in total. The first-order chi connectivity index (χ1) is 15.3. The van der Waals surface area contributed by atoms with E-state index in [-0.39, 0.29) is 0 Å². The van der Waals surface area contributed by atoms with Gasteiger partial charge in [-0.3, -0.25) is 9.80 Å². The summed E-state index contributed by atoms with van der Waals surface area (Å²) >= 11 is 0. The molecule has 1 aromatic heterocycles. The number of aromatic nitrogens is 2. The first kappa shape index (κ1) is 20.6. The number of benzene rings is 2. The number of fused-ring (bicyclic) bond motifs is 2. The smallest absolute Gasteiger partial charge is 0.135 e. The molecule has 0 radical (unpaired) electrons. The van der Waals surface area contributed by atoms with Gasteiger partial charge in [-0.05, 0) is 77.3 Å². The van der Waals surface area contributed by atoms with Gasteiger partial charge in [-0.25, -0.2) is 4.63 Å². The van der Waals surface area contributed by atoms with Crippen LogP contribution in [0.3, 0.4) is 0 Å². The fourth-order valence-electron chi connectivity index (χ4n) is 5.38. The van der Waals surface area contributed by atoms with Crippen LogP contribution in [0, 0.1) is 5.92 Å². The largest absolute Gasteiger partial charge is 0.383 e. The molecule has 2 aromatic carbocycles. The highest BCUT2D eigenvalue weighted by molar-refractivity contribution is 5.73. The Morgan fingerprint density at radius 1 is 1.10 bits per heavy atom. The number of nitrogens with zero attached hydrogens (tertiary/aromatic N) is 4. The van der Waals surface area contributed by atoms with Crippen LogP contribution in [0.25, 0.3) is 11.0 Å². The zero-order valence-corrected chi connectivity index (χ0v) is 18.4. The van der Waals surface area contributed by atoms with Crippen molar-refractivity contribution in [2.45, 2.75) is 38.3 Å². The van der Waals surface area contributed by atoms with Gasteiger partial charge < -0.3 is 4.74 Å². The van der Waals surface area contributed by atoms with E-state index in [2.05, 4.69) is 56.5 Å². The third-order valence-electron chi connectivity index (χ3n) is 6.95. The summed E-state index contributed by atoms with van der Waals surface area (Å²) in [5, 5.41) is 7.92. The van der Waals surface area contributed by atoms with Crippen molar-refractivity contribution in [1.82, 2.24) is 20.1 Å². The zero-order chi connectivity index (χ0) is 21.0. The summed E-state index contributed by atoms with van der Waals surface area (Å²) in [5.74, 6) is 0.701. The highest BCUT2D eigenvalue weighted by atomic mass is 16.6. The number of rotatable bonds is 8. The molecular formula is C25H32N4O2. The Morgan fingerprint density at radius 2 is 1.90 bits per heavy atom. The van der Waals surface area contributed by atoms with Gasteiger partial charge >= 0.3 is 0 Å². The summed E-state index contributed by atoms with van der Waals surface area (Å²) in [6.45, 7) is 6.14. The van der Waals surface area contributed by atoms with Gasteiger partial charge in [0, 0.05) is 39.3 Å². The van der Waals surface area contributed by atoms with Gasteiger partial charge in [0.1, 0.15) is 11.0 Å². The molecule has 2 aliphatic rings. The van der Waals surface area contributed by atoms with Crippen molar-refractivity contribution in [3.8, 4) is 0 Å². The molecule has 0 spiro atoms. The summed E-state index contributed by atoms with van der Waals surface area (Å²) in [6, 6.07) is 15.9. The maximum Gasteiger partial charge on any atom is 0.135 e. The van der Waals surface area contributed by atoms with E-state index in [0.717, 1.165) is 37.3 Å². The molecule has 5 rings (SSSR count). The van der Waals surface area contributed by atoms with E-state index < -0.39 is 0 Å². The van der Waals surface area contributed by atoms with Crippen molar-refractivity contribution in [2.24, 2.45) is 5.92 Å². The molecule has 0 saturated carbocycles. The lowest BCUT2D eigenvalue weighted by Gasteiger charge is -2.38. The van der Waals surface area contributed by atoms with Crippen LogP contribution in [-0.4, -0.2) is 66.1 Å². The molecule has 1 aliphatic heterocycles. The standard InChI is InChI=1S/C25H32N4O2/c1-30-12-11-28(16-19-8-9-24-25(13-19)27-31-26-24)17-20-5-4-10-29(18-20)23-14-21-6-2-3-7-22(21)15-23/h2-3,6-9,13,20,23H,4-5,10-12,14-18H2,1H3. The van der Waals surface area contributed by atoms with Gasteiger partial charge in [-0.15, -0.1) is 0 Å². The van der Waals surface area contributed by atoms with Crippen molar-refractivity contribution in [3.05, 3.63) is 59.2 Å². The van der Waals surface area contributed by atoms with Gasteiger partial charge in [0.2, 0.25) is 0 Å². The molecule has 1 aliphatic carbocycles. The first-order valence-electron chi connectivity index (χ1n) is 11.5. The lowest BCUT2D eigenvalue weighted by atomic mass is 9.95. The average Bonchev–Trinajstić information content (AvgIpc) is 3.44. The predicted molar refractivity (Wildman–Crippen MR) is 121 cm³/mol. The molecule has 0 bridgehead atoms. The minimum Gasteiger partial charge on any atom is -0.383 e. The fraction of sp³-hybridized carbons (Fsp3) is 0.520. The molecule has 1 unspecified atom stereocenters. The Morgan fingerprint density at radius 3 is 2.71 bits per heavy atom. The Hall–Kier alpha value is -2.28. The quantitative estimate of drug-likeness (QED) is 0.556. The van der Waals surface area contributed by atoms with E-state index in [0.29, 0.717) is 12.0 Å². The number of likely N-dealkylation sites (tertiary alicyclic amines) is 1. The third kappa shape index (κ3) is 4.81. The van der Waals surface area contributed by atoms with Gasteiger partial charge in [0.15, 0.2) is 0 Å². The predicted octanol–water partition coefficient (Wildman–Crippen LogP) is 3.55. The summed E-state index contributed by atoms with van der Waals surface area (Å²) in [7, 11) is 1.78. The van der Waals surface area contributed by atoms with Crippen LogP contribution in [0.1, 0.15) is 29.5 Å². The van der Waals surface area contributed by atoms with E-state index in [1.807, 2.05) is 6.07 Å². The monoisotopic (exact) mass is 420 g/mol. The fourth-order valence-corrected chi connectivity index (χ4v) is 5.38. The molecule has 3 aromatic rings. The lowest BCUT2D eigenvalue weighted by molar-refractivity contribution is 0.0844. The number of ether oxygens (including phenoxy) is 1. The topological polar surface area (TPSA) is 54.6 Å². The summed E-state index contributed by atoms with van der Waals surface area (Å²) in [4.78, 5) is 5.30. The second-order valence-electron chi connectivity index (χ2n) is 9.15. The van der Waals surface area contributed by atoms with Crippen molar-refractivity contribution in [3.63, 3.8) is 0 Å². The molecule has 2 heterocycles. The average molecular weight is 421 g/mol. The summed E-state index contributed by atoms with van der Waals surface area (Å²) in [6.07, 6.45) is 5.03. The molecule has 164 valence electrons. The first-order valence-corrected chi connectivity index (χ1v) is 11.5. The van der Waals surface area contributed by atoms with Crippen LogP contribution < -0.4 is 0 Å². The second kappa shape index (κ2) is 9.47. The molecule has 6 heteroatoms. The van der Waals surface area contributed by atoms with Gasteiger partial charge in [0.05, 0.1) is 6.61 Å². The molecule has 31 heavy (non-hydrogen) atoms. The van der Waals surface area contributed by atoms with Crippen molar-refractivity contribution in [1.29, 1.82) is 0 Å². The maximum absolute atomic E-state index is 5.41. The molecule has 0 N–H and O–H groups in total. The van der Waals surface area contributed by atoms with Crippen molar-refractivity contribution < 1.29 is 9.37 Å². The van der Waals surface area contributed by atoms with Crippen LogP contribution in [0.5, 0.6) is 0 Å². The van der Waals surface area contributed by atoms with Crippen LogP contribution in [0.2, 0.25) is 0 Å². The Kier molecular flexibility index (Phi) is 6.30. The van der Waals surface area contributed by atoms with E-state index in [1.165, 1.54) is 44.3 Å². The number of piperidine rings is 1. The van der Waals surface area contributed by atoms with Crippen LogP contribution in [0.15, 0.2) is 47.1 Å². The Bertz CT molecular complexity index is 979. The van der Waals surface area contributed by atoms with Crippen LogP contribution >= 0.6 is 0 Å². The normalized spacial score (nSPS) is 20.0. The molecular weight excluding hydrogens is 388 g/mol. The van der Waals surface area contributed by atoms with E-state index >= 15 is 0 Å². The van der Waals surface area contributed by atoms with Gasteiger partial charge in [-0.1, -0.05) is 30.3 Å². The molecule has 1 atom stereocenters. The SMILES string of the molecule is COCCN(Cc1ccc2nonc2c1)CC1CCCN(C2Cc3ccccc3C2)C1. The highest BCUT2D eigenvalue weighted by Gasteiger charge is 2.31. The minimum absolute atomic E-state index is 0.676. The highest BCUT2D eigenvalue weighted by Crippen LogP contribution is 2.29. The minimum atomic E-state index is 0.676. The summed E-state index contributed by atoms with van der Waals surface area (Å²) in [5.41, 5.74) is 5.99. The number of hydrogen-bond donors (Lipinski definition) is 0.